The number of ketones is 1. The molecular weight excluding hydrogens is 409 g/mol. The Morgan fingerprint density at radius 1 is 1.20 bits per heavy atom. The van der Waals surface area contributed by atoms with Crippen LogP contribution < -0.4 is 0 Å². The molecule has 30 heavy (non-hydrogen) atoms. The Morgan fingerprint density at radius 2 is 1.87 bits per heavy atom. The number of carbonyl (C=O) groups excluding carboxylic acids is 2. The minimum absolute atomic E-state index is 0.0296. The van der Waals surface area contributed by atoms with Crippen molar-refractivity contribution < 1.29 is 23.8 Å². The van der Waals surface area contributed by atoms with Crippen LogP contribution in [0.4, 0.5) is 4.39 Å². The topological polar surface area (TPSA) is 66.8 Å². The summed E-state index contributed by atoms with van der Waals surface area (Å²) in [6, 6.07) is 9.96. The average molecular weight is 432 g/mol. The Labute approximate surface area is 179 Å². The zero-order valence-corrected chi connectivity index (χ0v) is 17.7. The molecular formula is C23H23ClFNO4. The molecule has 1 amide bonds. The minimum Gasteiger partial charge on any atom is -0.507 e. The summed E-state index contributed by atoms with van der Waals surface area (Å²) >= 11 is 5.99. The first-order valence-corrected chi connectivity index (χ1v) is 10.0. The van der Waals surface area contributed by atoms with Crippen molar-refractivity contribution in [3.05, 3.63) is 75.6 Å². The highest BCUT2D eigenvalue weighted by atomic mass is 35.5. The number of aryl methyl sites for hydroxylation is 1. The van der Waals surface area contributed by atoms with Crippen LogP contribution in [0.3, 0.4) is 0 Å². The third-order valence-corrected chi connectivity index (χ3v) is 5.19. The van der Waals surface area contributed by atoms with E-state index in [0.29, 0.717) is 16.1 Å². The maximum absolute atomic E-state index is 13.7. The predicted molar refractivity (Wildman–Crippen MR) is 113 cm³/mol. The Bertz CT molecular complexity index is 1000. The summed E-state index contributed by atoms with van der Waals surface area (Å²) in [6.45, 7) is 5.73. The highest BCUT2D eigenvalue weighted by Gasteiger charge is 2.45. The first-order chi connectivity index (χ1) is 14.2. The molecule has 3 rings (SSSR count). The minimum atomic E-state index is -0.802. The van der Waals surface area contributed by atoms with Crippen molar-refractivity contribution in [2.24, 2.45) is 0 Å². The molecule has 1 atom stereocenters. The number of halogens is 2. The quantitative estimate of drug-likeness (QED) is 0.411. The van der Waals surface area contributed by atoms with Crippen LogP contribution in [0.15, 0.2) is 48.0 Å². The summed E-state index contributed by atoms with van der Waals surface area (Å²) in [7, 11) is 0. The van der Waals surface area contributed by atoms with Crippen molar-refractivity contribution in [2.75, 3.05) is 13.2 Å². The first kappa shape index (κ1) is 22.0. The van der Waals surface area contributed by atoms with Gasteiger partial charge in [0.25, 0.3) is 11.7 Å². The molecule has 1 saturated heterocycles. The zero-order valence-electron chi connectivity index (χ0n) is 17.0. The van der Waals surface area contributed by atoms with Gasteiger partial charge in [0.1, 0.15) is 11.6 Å². The third kappa shape index (κ3) is 4.40. The molecule has 1 unspecified atom stereocenters. The summed E-state index contributed by atoms with van der Waals surface area (Å²) in [5.74, 6) is -2.28. The van der Waals surface area contributed by atoms with Gasteiger partial charge < -0.3 is 14.7 Å². The predicted octanol–water partition coefficient (Wildman–Crippen LogP) is 4.63. The molecule has 1 aliphatic rings. The Kier molecular flexibility index (Phi) is 6.58. The summed E-state index contributed by atoms with van der Waals surface area (Å²) < 4.78 is 19.2. The fourth-order valence-corrected chi connectivity index (χ4v) is 3.56. The number of aliphatic hydroxyl groups is 1. The largest absolute Gasteiger partial charge is 0.507 e. The van der Waals surface area contributed by atoms with Gasteiger partial charge in [0.05, 0.1) is 24.3 Å². The number of hydrogen-bond donors (Lipinski definition) is 1. The van der Waals surface area contributed by atoms with E-state index >= 15 is 0 Å². The van der Waals surface area contributed by atoms with E-state index in [9.17, 15) is 19.1 Å². The van der Waals surface area contributed by atoms with Gasteiger partial charge in [0.15, 0.2) is 0 Å². The molecule has 0 saturated carbocycles. The number of rotatable bonds is 6. The number of benzene rings is 2. The molecule has 1 fully saturated rings. The van der Waals surface area contributed by atoms with Gasteiger partial charge in [-0.1, -0.05) is 23.7 Å². The van der Waals surface area contributed by atoms with Crippen molar-refractivity contribution in [1.82, 2.24) is 4.90 Å². The van der Waals surface area contributed by atoms with E-state index in [1.165, 1.54) is 23.1 Å². The van der Waals surface area contributed by atoms with Gasteiger partial charge in [-0.3, -0.25) is 9.59 Å². The number of amides is 1. The second-order valence-corrected chi connectivity index (χ2v) is 7.86. The molecule has 0 aliphatic carbocycles. The Morgan fingerprint density at radius 3 is 2.47 bits per heavy atom. The number of Topliss-reactive ketones (excluding diaryl/α,β-unsaturated/α-hetero) is 1. The fraction of sp³-hybridized carbons (Fsp3) is 0.304. The van der Waals surface area contributed by atoms with Crippen LogP contribution >= 0.6 is 11.6 Å². The van der Waals surface area contributed by atoms with Crippen LogP contribution in [0.2, 0.25) is 5.02 Å². The van der Waals surface area contributed by atoms with E-state index in [4.69, 9.17) is 16.3 Å². The van der Waals surface area contributed by atoms with Gasteiger partial charge in [-0.2, -0.15) is 0 Å². The van der Waals surface area contributed by atoms with Gasteiger partial charge in [0.2, 0.25) is 0 Å². The van der Waals surface area contributed by atoms with Crippen LogP contribution in [-0.2, 0) is 14.3 Å². The summed E-state index contributed by atoms with van der Waals surface area (Å²) in [5, 5.41) is 11.4. The number of ether oxygens (including phenoxy) is 1. The summed E-state index contributed by atoms with van der Waals surface area (Å²) in [4.78, 5) is 27.1. The van der Waals surface area contributed by atoms with E-state index < -0.39 is 23.5 Å². The lowest BCUT2D eigenvalue weighted by molar-refractivity contribution is -0.140. The lowest BCUT2D eigenvalue weighted by Crippen LogP contribution is -2.33. The van der Waals surface area contributed by atoms with Crippen molar-refractivity contribution in [1.29, 1.82) is 0 Å². The molecule has 0 spiro atoms. The van der Waals surface area contributed by atoms with Gasteiger partial charge in [-0.25, -0.2) is 4.39 Å². The third-order valence-electron chi connectivity index (χ3n) is 4.94. The normalized spacial score (nSPS) is 18.5. The van der Waals surface area contributed by atoms with Crippen LogP contribution in [0.25, 0.3) is 5.76 Å². The van der Waals surface area contributed by atoms with Crippen LogP contribution in [0, 0.1) is 12.7 Å². The first-order valence-electron chi connectivity index (χ1n) is 9.62. The lowest BCUT2D eigenvalue weighted by atomic mass is 9.95. The molecule has 1 aliphatic heterocycles. The highest BCUT2D eigenvalue weighted by molar-refractivity contribution is 6.46. The Hall–Kier alpha value is -2.70. The van der Waals surface area contributed by atoms with E-state index in [-0.39, 0.29) is 36.2 Å². The van der Waals surface area contributed by atoms with Crippen LogP contribution in [-0.4, -0.2) is 41.0 Å². The van der Waals surface area contributed by atoms with Gasteiger partial charge >= 0.3 is 0 Å². The molecule has 5 nitrogen and oxygen atoms in total. The standard InChI is InChI=1S/C23H23ClFNO4/c1-13(2)30-11-10-26-20(15-4-7-17(24)8-5-15)19(22(28)23(26)29)21(27)16-6-9-18(25)14(3)12-16/h4-9,12-13,20,27H,10-11H2,1-3H3/b21-19-. The second kappa shape index (κ2) is 8.98. The van der Waals surface area contributed by atoms with Crippen molar-refractivity contribution in [2.45, 2.75) is 32.9 Å². The zero-order chi connectivity index (χ0) is 22.0. The van der Waals surface area contributed by atoms with E-state index in [2.05, 4.69) is 0 Å². The number of nitrogens with zero attached hydrogens (tertiary/aromatic N) is 1. The highest BCUT2D eigenvalue weighted by Crippen LogP contribution is 2.39. The molecule has 0 aromatic heterocycles. The van der Waals surface area contributed by atoms with Crippen LogP contribution in [0.5, 0.6) is 0 Å². The van der Waals surface area contributed by atoms with Crippen molar-refractivity contribution in [3.8, 4) is 0 Å². The summed E-state index contributed by atoms with van der Waals surface area (Å²) in [5.41, 5.74) is 1.17. The monoisotopic (exact) mass is 431 g/mol. The fourth-order valence-electron chi connectivity index (χ4n) is 3.44. The molecule has 1 heterocycles. The average Bonchev–Trinajstić information content (AvgIpc) is 2.95. The smallest absolute Gasteiger partial charge is 0.295 e. The summed E-state index contributed by atoms with van der Waals surface area (Å²) in [6.07, 6.45) is -0.0296. The molecule has 2 aromatic rings. The molecule has 2 aromatic carbocycles. The van der Waals surface area contributed by atoms with E-state index in [1.54, 1.807) is 31.2 Å². The molecule has 7 heteroatoms. The second-order valence-electron chi connectivity index (χ2n) is 7.43. The Balaban J connectivity index is 2.10. The van der Waals surface area contributed by atoms with Crippen molar-refractivity contribution in [3.63, 3.8) is 0 Å². The van der Waals surface area contributed by atoms with Crippen LogP contribution in [0.1, 0.15) is 36.6 Å². The van der Waals surface area contributed by atoms with E-state index in [0.717, 1.165) is 0 Å². The molecule has 0 radical (unpaired) electrons. The maximum atomic E-state index is 13.7. The number of carbonyl (C=O) groups is 2. The number of hydrogen-bond acceptors (Lipinski definition) is 4. The maximum Gasteiger partial charge on any atom is 0.295 e. The van der Waals surface area contributed by atoms with Gasteiger partial charge in [-0.05, 0) is 62.2 Å². The van der Waals surface area contributed by atoms with Crippen molar-refractivity contribution >= 4 is 29.1 Å². The van der Waals surface area contributed by atoms with E-state index in [1.807, 2.05) is 13.8 Å². The molecule has 1 N–H and O–H groups in total. The molecule has 158 valence electrons. The molecule has 0 bridgehead atoms. The SMILES string of the molecule is Cc1cc(/C(O)=C2/C(=O)C(=O)N(CCOC(C)C)C2c2ccc(Cl)cc2)ccc1F. The number of aliphatic hydroxyl groups excluding tert-OH is 1. The van der Waals surface area contributed by atoms with Gasteiger partial charge in [0, 0.05) is 17.1 Å². The van der Waals surface area contributed by atoms with Gasteiger partial charge in [-0.15, -0.1) is 0 Å². The lowest BCUT2D eigenvalue weighted by Gasteiger charge is -2.25. The number of likely N-dealkylation sites (tertiary alicyclic amines) is 1.